The molecule has 1 aromatic heterocycles. The van der Waals surface area contributed by atoms with Gasteiger partial charge in [-0.1, -0.05) is 42.5 Å². The summed E-state index contributed by atoms with van der Waals surface area (Å²) >= 11 is 0. The number of esters is 1. The lowest BCUT2D eigenvalue weighted by Gasteiger charge is -2.11. The van der Waals surface area contributed by atoms with E-state index in [1.807, 2.05) is 24.3 Å². The Morgan fingerprint density at radius 2 is 1.73 bits per heavy atom. The van der Waals surface area contributed by atoms with Crippen LogP contribution in [0, 0.1) is 0 Å². The zero-order chi connectivity index (χ0) is 21.5. The summed E-state index contributed by atoms with van der Waals surface area (Å²) in [5.74, 6) is 0.00367. The van der Waals surface area contributed by atoms with Gasteiger partial charge in [0.2, 0.25) is 0 Å². The predicted octanol–water partition coefficient (Wildman–Crippen LogP) is 2.37. The first-order valence-corrected chi connectivity index (χ1v) is 10.0. The third-order valence-corrected chi connectivity index (χ3v) is 5.04. The van der Waals surface area contributed by atoms with Crippen LogP contribution in [-0.4, -0.2) is 23.6 Å². The lowest BCUT2D eigenvalue weighted by Crippen LogP contribution is -2.38. The van der Waals surface area contributed by atoms with Crippen molar-refractivity contribution in [1.29, 1.82) is 0 Å². The number of aromatic nitrogens is 2. The van der Waals surface area contributed by atoms with Crippen molar-refractivity contribution in [3.8, 4) is 11.3 Å². The molecule has 0 saturated heterocycles. The molecular weight excluding hydrogens is 380 g/mol. The molecule has 156 valence electrons. The third-order valence-electron chi connectivity index (χ3n) is 5.04. The average Bonchev–Trinajstić information content (AvgIpc) is 3.12. The van der Waals surface area contributed by atoms with Gasteiger partial charge in [-0.3, -0.25) is 0 Å². The van der Waals surface area contributed by atoms with E-state index < -0.39 is 5.97 Å². The SMILES string of the molecule is CC(=O)[O-].COC(=O)c1ccc(C[n+]2cc(-c3ccccc3)n3c2CCCC3)cc1. The van der Waals surface area contributed by atoms with E-state index in [0.717, 1.165) is 26.4 Å². The molecule has 0 amide bonds. The lowest BCUT2D eigenvalue weighted by atomic mass is 10.1. The van der Waals surface area contributed by atoms with Crippen LogP contribution in [0.2, 0.25) is 0 Å². The summed E-state index contributed by atoms with van der Waals surface area (Å²) in [7, 11) is 1.41. The van der Waals surface area contributed by atoms with E-state index in [1.54, 1.807) is 0 Å². The van der Waals surface area contributed by atoms with Crippen molar-refractivity contribution in [2.45, 2.75) is 39.3 Å². The molecule has 0 atom stereocenters. The van der Waals surface area contributed by atoms with Crippen LogP contribution in [0.25, 0.3) is 11.3 Å². The molecule has 2 aromatic carbocycles. The maximum Gasteiger partial charge on any atom is 0.337 e. The molecule has 0 aliphatic carbocycles. The molecule has 0 spiro atoms. The second-order valence-corrected chi connectivity index (χ2v) is 7.21. The fourth-order valence-electron chi connectivity index (χ4n) is 3.70. The predicted molar refractivity (Wildman–Crippen MR) is 111 cm³/mol. The molecule has 0 saturated carbocycles. The average molecular weight is 406 g/mol. The number of fused-ring (bicyclic) bond motifs is 1. The quantitative estimate of drug-likeness (QED) is 0.492. The molecule has 6 nitrogen and oxygen atoms in total. The normalized spacial score (nSPS) is 12.3. The van der Waals surface area contributed by atoms with Crippen LogP contribution in [0.1, 0.15) is 41.5 Å². The topological polar surface area (TPSA) is 75.2 Å². The maximum atomic E-state index is 11.6. The largest absolute Gasteiger partial charge is 0.550 e. The van der Waals surface area contributed by atoms with Crippen LogP contribution in [0.3, 0.4) is 0 Å². The van der Waals surface area contributed by atoms with Gasteiger partial charge in [-0.25, -0.2) is 13.9 Å². The number of carbonyl (C=O) groups is 2. The highest BCUT2D eigenvalue weighted by Crippen LogP contribution is 2.24. The molecule has 1 aliphatic heterocycles. The first kappa shape index (κ1) is 21.3. The lowest BCUT2D eigenvalue weighted by molar-refractivity contribution is -0.695. The highest BCUT2D eigenvalue weighted by Gasteiger charge is 2.26. The van der Waals surface area contributed by atoms with Gasteiger partial charge in [-0.2, -0.15) is 0 Å². The molecule has 0 N–H and O–H groups in total. The highest BCUT2D eigenvalue weighted by atomic mass is 16.5. The molecule has 6 heteroatoms. The number of benzene rings is 2. The van der Waals surface area contributed by atoms with E-state index in [1.165, 1.54) is 42.6 Å². The van der Waals surface area contributed by atoms with E-state index >= 15 is 0 Å². The van der Waals surface area contributed by atoms with E-state index in [4.69, 9.17) is 14.6 Å². The fraction of sp³-hybridized carbons (Fsp3) is 0.292. The van der Waals surface area contributed by atoms with Crippen LogP contribution in [0.4, 0.5) is 0 Å². The molecule has 0 radical (unpaired) electrons. The summed E-state index contributed by atoms with van der Waals surface area (Å²) < 4.78 is 9.59. The molecule has 1 aliphatic rings. The molecule has 0 fully saturated rings. The van der Waals surface area contributed by atoms with Gasteiger partial charge >= 0.3 is 5.97 Å². The minimum Gasteiger partial charge on any atom is -0.550 e. The second-order valence-electron chi connectivity index (χ2n) is 7.21. The number of hydrogen-bond acceptors (Lipinski definition) is 4. The fourth-order valence-corrected chi connectivity index (χ4v) is 3.70. The van der Waals surface area contributed by atoms with Crippen LogP contribution in [0.5, 0.6) is 0 Å². The summed E-state index contributed by atoms with van der Waals surface area (Å²) in [4.78, 5) is 20.5. The summed E-state index contributed by atoms with van der Waals surface area (Å²) in [6, 6.07) is 18.3. The highest BCUT2D eigenvalue weighted by molar-refractivity contribution is 5.89. The second kappa shape index (κ2) is 9.87. The van der Waals surface area contributed by atoms with E-state index in [-0.39, 0.29) is 5.97 Å². The van der Waals surface area contributed by atoms with Gasteiger partial charge in [0.05, 0.1) is 19.2 Å². The van der Waals surface area contributed by atoms with Crippen molar-refractivity contribution >= 4 is 11.9 Å². The first-order valence-electron chi connectivity index (χ1n) is 10.0. The van der Waals surface area contributed by atoms with Crippen LogP contribution in [0.15, 0.2) is 60.8 Å². The van der Waals surface area contributed by atoms with Gasteiger partial charge in [0, 0.05) is 18.0 Å². The van der Waals surface area contributed by atoms with Gasteiger partial charge in [-0.15, -0.1) is 0 Å². The van der Waals surface area contributed by atoms with Crippen molar-refractivity contribution in [2.24, 2.45) is 0 Å². The minimum atomic E-state index is -1.08. The first-order chi connectivity index (χ1) is 14.5. The van der Waals surface area contributed by atoms with Crippen molar-refractivity contribution in [2.75, 3.05) is 7.11 Å². The van der Waals surface area contributed by atoms with Crippen LogP contribution in [-0.2, 0) is 29.0 Å². The minimum absolute atomic E-state index is 0.295. The van der Waals surface area contributed by atoms with Crippen LogP contribution >= 0.6 is 0 Å². The number of methoxy groups -OCH3 is 1. The smallest absolute Gasteiger partial charge is 0.337 e. The molecule has 30 heavy (non-hydrogen) atoms. The maximum absolute atomic E-state index is 11.6. The molecular formula is C24H26N2O4. The van der Waals surface area contributed by atoms with Gasteiger partial charge in [0.15, 0.2) is 5.69 Å². The molecule has 4 rings (SSSR count). The number of imidazole rings is 1. The van der Waals surface area contributed by atoms with Gasteiger partial charge in [0.1, 0.15) is 12.7 Å². The molecule has 0 unspecified atom stereocenters. The molecule has 3 aromatic rings. The number of nitrogens with zero attached hydrogens (tertiary/aromatic N) is 2. The number of carboxylic acid groups (broad SMARTS) is 1. The van der Waals surface area contributed by atoms with Crippen molar-refractivity contribution in [3.05, 3.63) is 77.7 Å². The molecule has 2 heterocycles. The van der Waals surface area contributed by atoms with Crippen molar-refractivity contribution in [1.82, 2.24) is 4.57 Å². The Kier molecular flexibility index (Phi) is 7.01. The summed E-state index contributed by atoms with van der Waals surface area (Å²) in [5.41, 5.74) is 4.31. The third kappa shape index (κ3) is 5.14. The van der Waals surface area contributed by atoms with Gasteiger partial charge < -0.3 is 14.6 Å². The number of hydrogen-bond donors (Lipinski definition) is 0. The van der Waals surface area contributed by atoms with Crippen molar-refractivity contribution < 1.29 is 24.0 Å². The number of ether oxygens (including phenoxy) is 1. The Morgan fingerprint density at radius 1 is 1.07 bits per heavy atom. The van der Waals surface area contributed by atoms with E-state index in [9.17, 15) is 4.79 Å². The van der Waals surface area contributed by atoms with Crippen LogP contribution < -0.4 is 9.67 Å². The number of carboxylic acids is 1. The Balaban J connectivity index is 0.000000589. The Morgan fingerprint density at radius 3 is 2.37 bits per heavy atom. The number of aliphatic carboxylic acids is 1. The monoisotopic (exact) mass is 406 g/mol. The Hall–Kier alpha value is -3.41. The standard InChI is InChI=1S/C22H23N2O2.C2H4O2/c1-26-22(25)19-12-10-17(11-13-19)15-23-16-20(18-7-3-2-4-8-18)24-14-6-5-9-21(23)24;1-2(3)4/h2-4,7-8,10-13,16H,5-6,9,14-15H2,1H3;1H3,(H,3,4)/q+1;/p-1. The summed E-state index contributed by atoms with van der Waals surface area (Å²) in [5, 5.41) is 8.89. The number of rotatable bonds is 4. The molecule has 0 bridgehead atoms. The van der Waals surface area contributed by atoms with Gasteiger partial charge in [0.25, 0.3) is 5.82 Å². The van der Waals surface area contributed by atoms with Crippen molar-refractivity contribution in [3.63, 3.8) is 0 Å². The zero-order valence-corrected chi connectivity index (χ0v) is 17.3. The van der Waals surface area contributed by atoms with Gasteiger partial charge in [-0.05, 0) is 37.5 Å². The van der Waals surface area contributed by atoms with E-state index in [2.05, 4.69) is 45.7 Å². The number of carbonyl (C=O) groups excluding carboxylic acids is 2. The summed E-state index contributed by atoms with van der Waals surface area (Å²) in [6.45, 7) is 2.86. The summed E-state index contributed by atoms with van der Waals surface area (Å²) in [6.07, 6.45) is 5.84. The Bertz CT molecular complexity index is 1000. The zero-order valence-electron chi connectivity index (χ0n) is 17.3. The Labute approximate surface area is 176 Å². The van der Waals surface area contributed by atoms with E-state index in [0.29, 0.717) is 5.56 Å².